The van der Waals surface area contributed by atoms with E-state index in [2.05, 4.69) is 37.6 Å². The van der Waals surface area contributed by atoms with Gasteiger partial charge in [0.1, 0.15) is 0 Å². The fourth-order valence-corrected chi connectivity index (χ4v) is 1.84. The van der Waals surface area contributed by atoms with Gasteiger partial charge in [-0.15, -0.1) is 0 Å². The van der Waals surface area contributed by atoms with Crippen LogP contribution in [0, 0.1) is 0 Å². The van der Waals surface area contributed by atoms with Crippen molar-refractivity contribution >= 4 is 0 Å². The van der Waals surface area contributed by atoms with E-state index in [0.717, 1.165) is 39.0 Å². The topological polar surface area (TPSA) is 35.5 Å². The molecule has 16 heavy (non-hydrogen) atoms. The first kappa shape index (κ1) is 13.7. The summed E-state index contributed by atoms with van der Waals surface area (Å²) < 4.78 is 0. The van der Waals surface area contributed by atoms with Crippen LogP contribution in [0.25, 0.3) is 0 Å². The van der Waals surface area contributed by atoms with Crippen molar-refractivity contribution < 1.29 is 5.11 Å². The van der Waals surface area contributed by atoms with Crippen LogP contribution in [0.5, 0.6) is 0 Å². The van der Waals surface area contributed by atoms with Crippen LogP contribution in [-0.4, -0.2) is 47.8 Å². The molecule has 0 radical (unpaired) electrons. The number of nitrogens with zero attached hydrogens (tertiary/aromatic N) is 1. The molecule has 0 atom stereocenters. The molecule has 0 aliphatic carbocycles. The third-order valence-electron chi connectivity index (χ3n) is 2.87. The zero-order valence-electron chi connectivity index (χ0n) is 10.9. The van der Waals surface area contributed by atoms with Crippen molar-refractivity contribution in [2.75, 3.05) is 26.2 Å². The Kier molecular flexibility index (Phi) is 4.96. The lowest BCUT2D eigenvalue weighted by Crippen LogP contribution is -2.41. The predicted octanol–water partition coefficient (Wildman–Crippen LogP) is 1.39. The number of hydrogen-bond donors (Lipinski definition) is 2. The van der Waals surface area contributed by atoms with Crippen LogP contribution in [-0.2, 0) is 0 Å². The van der Waals surface area contributed by atoms with Crippen molar-refractivity contribution in [1.29, 1.82) is 0 Å². The average Bonchev–Trinajstić information content (AvgIpc) is 2.18. The van der Waals surface area contributed by atoms with Gasteiger partial charge in [-0.3, -0.25) is 4.90 Å². The van der Waals surface area contributed by atoms with Gasteiger partial charge in [-0.25, -0.2) is 0 Å². The summed E-state index contributed by atoms with van der Waals surface area (Å²) in [6.07, 6.45) is 1.72. The van der Waals surface area contributed by atoms with Crippen LogP contribution in [0.15, 0.2) is 12.2 Å². The minimum Gasteiger partial charge on any atom is -0.393 e. The van der Waals surface area contributed by atoms with Gasteiger partial charge in [0.25, 0.3) is 0 Å². The molecule has 1 aliphatic heterocycles. The summed E-state index contributed by atoms with van der Waals surface area (Å²) in [5.41, 5.74) is 1.38. The van der Waals surface area contributed by atoms with E-state index in [-0.39, 0.29) is 11.6 Å². The molecule has 0 aromatic heterocycles. The molecule has 0 bridgehead atoms. The number of piperidine rings is 1. The minimum absolute atomic E-state index is 0.0859. The maximum atomic E-state index is 9.41. The molecule has 0 amide bonds. The summed E-state index contributed by atoms with van der Waals surface area (Å²) in [6, 6.07) is 0. The molecule has 94 valence electrons. The Labute approximate surface area is 99.5 Å². The number of aliphatic hydroxyl groups excluding tert-OH is 1. The minimum atomic E-state index is -0.0859. The second kappa shape index (κ2) is 5.80. The first-order chi connectivity index (χ1) is 7.37. The summed E-state index contributed by atoms with van der Waals surface area (Å²) in [5.74, 6) is 0. The fourth-order valence-electron chi connectivity index (χ4n) is 1.84. The molecule has 0 unspecified atom stereocenters. The van der Waals surface area contributed by atoms with Crippen LogP contribution in [0.3, 0.4) is 0 Å². The summed E-state index contributed by atoms with van der Waals surface area (Å²) >= 11 is 0. The number of aliphatic hydroxyl groups is 1. The smallest absolute Gasteiger partial charge is 0.0564 e. The zero-order chi connectivity index (χ0) is 12.2. The summed E-state index contributed by atoms with van der Waals surface area (Å²) in [5, 5.41) is 12.9. The van der Waals surface area contributed by atoms with Crippen molar-refractivity contribution in [2.45, 2.75) is 45.3 Å². The number of hydrogen-bond acceptors (Lipinski definition) is 3. The van der Waals surface area contributed by atoms with Crippen molar-refractivity contribution in [3.63, 3.8) is 0 Å². The maximum Gasteiger partial charge on any atom is 0.0564 e. The van der Waals surface area contributed by atoms with Gasteiger partial charge < -0.3 is 10.4 Å². The lowest BCUT2D eigenvalue weighted by molar-refractivity contribution is 0.0866. The van der Waals surface area contributed by atoms with Crippen molar-refractivity contribution in [1.82, 2.24) is 10.2 Å². The quantitative estimate of drug-likeness (QED) is 0.711. The second-order valence-electron chi connectivity index (χ2n) is 5.86. The molecule has 0 saturated carbocycles. The molecule has 0 aromatic rings. The largest absolute Gasteiger partial charge is 0.393 e. The van der Waals surface area contributed by atoms with E-state index in [0.29, 0.717) is 0 Å². The van der Waals surface area contributed by atoms with E-state index < -0.39 is 0 Å². The molecular weight excluding hydrogens is 200 g/mol. The van der Waals surface area contributed by atoms with E-state index in [1.165, 1.54) is 5.57 Å². The molecule has 3 heteroatoms. The molecule has 1 aliphatic rings. The van der Waals surface area contributed by atoms with Crippen LogP contribution in [0.2, 0.25) is 0 Å². The van der Waals surface area contributed by atoms with Gasteiger partial charge in [0.05, 0.1) is 6.10 Å². The van der Waals surface area contributed by atoms with Crippen LogP contribution in [0.1, 0.15) is 33.6 Å². The summed E-state index contributed by atoms with van der Waals surface area (Å²) in [6.45, 7) is 14.4. The Bertz CT molecular complexity index is 225. The SMILES string of the molecule is C=C(CNC(C)(C)C)CN1CCC(O)CC1. The van der Waals surface area contributed by atoms with E-state index >= 15 is 0 Å². The molecule has 1 saturated heterocycles. The molecule has 1 fully saturated rings. The molecule has 0 spiro atoms. The lowest BCUT2D eigenvalue weighted by atomic mass is 10.1. The third kappa shape index (κ3) is 5.64. The van der Waals surface area contributed by atoms with E-state index in [1.54, 1.807) is 0 Å². The van der Waals surface area contributed by atoms with Crippen LogP contribution < -0.4 is 5.32 Å². The second-order valence-corrected chi connectivity index (χ2v) is 5.86. The van der Waals surface area contributed by atoms with Gasteiger partial charge in [0.2, 0.25) is 0 Å². The number of nitrogens with one attached hydrogen (secondary N) is 1. The van der Waals surface area contributed by atoms with Gasteiger partial charge in [0, 0.05) is 31.7 Å². The Morgan fingerprint density at radius 2 is 1.94 bits per heavy atom. The van der Waals surface area contributed by atoms with Crippen molar-refractivity contribution in [3.8, 4) is 0 Å². The first-order valence-corrected chi connectivity index (χ1v) is 6.19. The molecule has 1 rings (SSSR count). The molecule has 3 nitrogen and oxygen atoms in total. The Morgan fingerprint density at radius 1 is 1.38 bits per heavy atom. The van der Waals surface area contributed by atoms with E-state index in [4.69, 9.17) is 0 Å². The zero-order valence-corrected chi connectivity index (χ0v) is 10.9. The average molecular weight is 226 g/mol. The van der Waals surface area contributed by atoms with Gasteiger partial charge in [-0.2, -0.15) is 0 Å². The fraction of sp³-hybridized carbons (Fsp3) is 0.846. The van der Waals surface area contributed by atoms with Gasteiger partial charge in [0.15, 0.2) is 0 Å². The van der Waals surface area contributed by atoms with E-state index in [1.807, 2.05) is 0 Å². The number of likely N-dealkylation sites (tertiary alicyclic amines) is 1. The van der Waals surface area contributed by atoms with Gasteiger partial charge >= 0.3 is 0 Å². The number of rotatable bonds is 4. The highest BCUT2D eigenvalue weighted by Gasteiger charge is 2.17. The Balaban J connectivity index is 2.19. The molecule has 0 aromatic carbocycles. The Morgan fingerprint density at radius 3 is 2.44 bits per heavy atom. The third-order valence-corrected chi connectivity index (χ3v) is 2.87. The molecular formula is C13H26N2O. The summed E-state index contributed by atoms with van der Waals surface area (Å²) in [4.78, 5) is 2.37. The first-order valence-electron chi connectivity index (χ1n) is 6.19. The van der Waals surface area contributed by atoms with Crippen LogP contribution in [0.4, 0.5) is 0 Å². The highest BCUT2D eigenvalue weighted by atomic mass is 16.3. The van der Waals surface area contributed by atoms with Gasteiger partial charge in [-0.1, -0.05) is 6.58 Å². The maximum absolute atomic E-state index is 9.41. The van der Waals surface area contributed by atoms with E-state index in [9.17, 15) is 5.11 Å². The standard InChI is InChI=1S/C13H26N2O/c1-11(9-14-13(2,3)4)10-15-7-5-12(16)6-8-15/h12,14,16H,1,5-10H2,2-4H3. The predicted molar refractivity (Wildman–Crippen MR) is 68.6 cm³/mol. The molecule has 1 heterocycles. The summed E-state index contributed by atoms with van der Waals surface area (Å²) in [7, 11) is 0. The lowest BCUT2D eigenvalue weighted by Gasteiger charge is -2.30. The van der Waals surface area contributed by atoms with Crippen molar-refractivity contribution in [3.05, 3.63) is 12.2 Å². The molecule has 2 N–H and O–H groups in total. The monoisotopic (exact) mass is 226 g/mol. The highest BCUT2D eigenvalue weighted by molar-refractivity contribution is 5.01. The van der Waals surface area contributed by atoms with Crippen LogP contribution >= 0.6 is 0 Å². The highest BCUT2D eigenvalue weighted by Crippen LogP contribution is 2.11. The van der Waals surface area contributed by atoms with Gasteiger partial charge in [-0.05, 0) is 39.2 Å². The van der Waals surface area contributed by atoms with Crippen molar-refractivity contribution in [2.24, 2.45) is 0 Å². The Hall–Kier alpha value is -0.380. The normalized spacial score (nSPS) is 20.0.